The average molecular weight is 273 g/mol. The number of hydrogen-bond acceptors (Lipinski definition) is 2. The predicted octanol–water partition coefficient (Wildman–Crippen LogP) is 3.33. The van der Waals surface area contributed by atoms with Gasteiger partial charge in [0.1, 0.15) is 0 Å². The zero-order valence-corrected chi connectivity index (χ0v) is 11.1. The number of aryl methyl sites for hydroxylation is 1. The number of para-hydroxylation sites is 1. The lowest BCUT2D eigenvalue weighted by molar-refractivity contribution is 0.0985. The van der Waals surface area contributed by atoms with Gasteiger partial charge in [0.15, 0.2) is 0 Å². The van der Waals surface area contributed by atoms with Crippen LogP contribution in [0.2, 0.25) is 5.02 Å². The normalized spacial score (nSPS) is 14.1. The van der Waals surface area contributed by atoms with Gasteiger partial charge in [0.05, 0.1) is 10.6 Å². The monoisotopic (exact) mass is 272 g/mol. The molecule has 0 aliphatic carbocycles. The SMILES string of the molecule is O=C(c1ccncc1Cl)N1CCCc2ccccc21. The number of anilines is 1. The summed E-state index contributed by atoms with van der Waals surface area (Å²) in [7, 11) is 0. The zero-order chi connectivity index (χ0) is 13.2. The molecule has 0 atom stereocenters. The molecule has 19 heavy (non-hydrogen) atoms. The number of nitrogens with zero attached hydrogens (tertiary/aromatic N) is 2. The molecule has 1 aromatic heterocycles. The molecule has 1 aliphatic rings. The molecule has 1 amide bonds. The molecule has 1 aliphatic heterocycles. The van der Waals surface area contributed by atoms with Gasteiger partial charge in [0.25, 0.3) is 5.91 Å². The average Bonchev–Trinajstić information content (AvgIpc) is 2.46. The van der Waals surface area contributed by atoms with Crippen molar-refractivity contribution in [2.75, 3.05) is 11.4 Å². The van der Waals surface area contributed by atoms with Gasteiger partial charge in [-0.1, -0.05) is 29.8 Å². The number of halogens is 1. The van der Waals surface area contributed by atoms with Gasteiger partial charge < -0.3 is 4.90 Å². The number of fused-ring (bicyclic) bond motifs is 1. The smallest absolute Gasteiger partial charge is 0.259 e. The molecule has 0 N–H and O–H groups in total. The van der Waals surface area contributed by atoms with Crippen molar-refractivity contribution in [1.29, 1.82) is 0 Å². The van der Waals surface area contributed by atoms with Crippen molar-refractivity contribution < 1.29 is 4.79 Å². The Hall–Kier alpha value is -1.87. The Kier molecular flexibility index (Phi) is 3.22. The number of hydrogen-bond donors (Lipinski definition) is 0. The van der Waals surface area contributed by atoms with Crippen molar-refractivity contribution in [1.82, 2.24) is 4.98 Å². The largest absolute Gasteiger partial charge is 0.308 e. The van der Waals surface area contributed by atoms with E-state index in [2.05, 4.69) is 11.1 Å². The first-order valence-corrected chi connectivity index (χ1v) is 6.64. The summed E-state index contributed by atoms with van der Waals surface area (Å²) in [6, 6.07) is 9.69. The first kappa shape index (κ1) is 12.2. The van der Waals surface area contributed by atoms with Crippen LogP contribution in [-0.4, -0.2) is 17.4 Å². The molecule has 0 fully saturated rings. The Morgan fingerprint density at radius 3 is 2.95 bits per heavy atom. The summed E-state index contributed by atoms with van der Waals surface area (Å²) < 4.78 is 0. The van der Waals surface area contributed by atoms with Crippen LogP contribution in [0.4, 0.5) is 5.69 Å². The highest BCUT2D eigenvalue weighted by Gasteiger charge is 2.24. The Morgan fingerprint density at radius 2 is 2.11 bits per heavy atom. The van der Waals surface area contributed by atoms with Gasteiger partial charge in [-0.3, -0.25) is 9.78 Å². The molecular weight excluding hydrogens is 260 g/mol. The lowest BCUT2D eigenvalue weighted by atomic mass is 10.0. The van der Waals surface area contributed by atoms with Crippen LogP contribution in [0.1, 0.15) is 22.3 Å². The standard InChI is InChI=1S/C15H13ClN2O/c16-13-10-17-8-7-12(13)15(19)18-9-3-5-11-4-1-2-6-14(11)18/h1-2,4,6-8,10H,3,5,9H2. The van der Waals surface area contributed by atoms with E-state index >= 15 is 0 Å². The van der Waals surface area contributed by atoms with Gasteiger partial charge in [-0.2, -0.15) is 0 Å². The van der Waals surface area contributed by atoms with Crippen LogP contribution in [0.3, 0.4) is 0 Å². The first-order valence-electron chi connectivity index (χ1n) is 6.26. The Morgan fingerprint density at radius 1 is 1.26 bits per heavy atom. The Balaban J connectivity index is 2.00. The molecule has 3 rings (SSSR count). The van der Waals surface area contributed by atoms with Crippen molar-refractivity contribution in [2.24, 2.45) is 0 Å². The van der Waals surface area contributed by atoms with Gasteiger partial charge in [-0.25, -0.2) is 0 Å². The molecule has 3 nitrogen and oxygen atoms in total. The van der Waals surface area contributed by atoms with Crippen LogP contribution in [0.25, 0.3) is 0 Å². The molecule has 96 valence electrons. The summed E-state index contributed by atoms with van der Waals surface area (Å²) in [4.78, 5) is 18.3. The number of pyridine rings is 1. The number of amides is 1. The van der Waals surface area contributed by atoms with Gasteiger partial charge >= 0.3 is 0 Å². The van der Waals surface area contributed by atoms with Gasteiger partial charge in [0.2, 0.25) is 0 Å². The summed E-state index contributed by atoms with van der Waals surface area (Å²) in [5, 5.41) is 0.399. The van der Waals surface area contributed by atoms with E-state index in [0.29, 0.717) is 10.6 Å². The lowest BCUT2D eigenvalue weighted by Crippen LogP contribution is -2.35. The molecule has 0 unspecified atom stereocenters. The van der Waals surface area contributed by atoms with Crippen molar-refractivity contribution in [3.8, 4) is 0 Å². The van der Waals surface area contributed by atoms with Crippen LogP contribution in [0.5, 0.6) is 0 Å². The number of aromatic nitrogens is 1. The van der Waals surface area contributed by atoms with E-state index in [1.807, 2.05) is 18.2 Å². The molecule has 0 bridgehead atoms. The molecule has 0 saturated carbocycles. The second kappa shape index (κ2) is 5.02. The molecule has 0 saturated heterocycles. The molecule has 2 aromatic rings. The zero-order valence-electron chi connectivity index (χ0n) is 10.3. The van der Waals surface area contributed by atoms with E-state index < -0.39 is 0 Å². The van der Waals surface area contributed by atoms with Crippen LogP contribution in [-0.2, 0) is 6.42 Å². The van der Waals surface area contributed by atoms with Crippen molar-refractivity contribution in [2.45, 2.75) is 12.8 Å². The quantitative estimate of drug-likeness (QED) is 0.798. The number of benzene rings is 1. The Labute approximate surface area is 116 Å². The van der Waals surface area contributed by atoms with Crippen LogP contribution in [0.15, 0.2) is 42.7 Å². The summed E-state index contributed by atoms with van der Waals surface area (Å²) >= 11 is 6.06. The van der Waals surface area contributed by atoms with E-state index in [9.17, 15) is 4.79 Å². The summed E-state index contributed by atoms with van der Waals surface area (Å²) in [5.41, 5.74) is 2.72. The maximum atomic E-state index is 12.6. The second-order valence-corrected chi connectivity index (χ2v) is 4.95. The maximum Gasteiger partial charge on any atom is 0.259 e. The highest BCUT2D eigenvalue weighted by atomic mass is 35.5. The third-order valence-electron chi connectivity index (χ3n) is 3.36. The van der Waals surface area contributed by atoms with E-state index in [4.69, 9.17) is 11.6 Å². The predicted molar refractivity (Wildman–Crippen MR) is 75.7 cm³/mol. The maximum absolute atomic E-state index is 12.6. The number of rotatable bonds is 1. The minimum Gasteiger partial charge on any atom is -0.308 e. The highest BCUT2D eigenvalue weighted by Crippen LogP contribution is 2.29. The molecule has 2 heterocycles. The fourth-order valence-electron chi connectivity index (χ4n) is 2.44. The third-order valence-corrected chi connectivity index (χ3v) is 3.66. The first-order chi connectivity index (χ1) is 9.27. The topological polar surface area (TPSA) is 33.2 Å². The van der Waals surface area contributed by atoms with E-state index in [-0.39, 0.29) is 5.91 Å². The van der Waals surface area contributed by atoms with Crippen molar-refractivity contribution in [3.05, 3.63) is 58.9 Å². The third kappa shape index (κ3) is 2.22. The summed E-state index contributed by atoms with van der Waals surface area (Å²) in [6.07, 6.45) is 5.09. The minimum atomic E-state index is -0.0560. The van der Waals surface area contributed by atoms with Crippen LogP contribution >= 0.6 is 11.6 Å². The fourth-order valence-corrected chi connectivity index (χ4v) is 2.64. The summed E-state index contributed by atoms with van der Waals surface area (Å²) in [5.74, 6) is -0.0560. The van der Waals surface area contributed by atoms with Crippen molar-refractivity contribution in [3.63, 3.8) is 0 Å². The molecule has 0 radical (unpaired) electrons. The minimum absolute atomic E-state index is 0.0560. The van der Waals surface area contributed by atoms with Gasteiger partial charge in [-0.15, -0.1) is 0 Å². The number of carbonyl (C=O) groups is 1. The highest BCUT2D eigenvalue weighted by molar-refractivity contribution is 6.34. The van der Waals surface area contributed by atoms with E-state index in [1.165, 1.54) is 11.8 Å². The lowest BCUT2D eigenvalue weighted by Gasteiger charge is -2.29. The molecular formula is C15H13ClN2O. The van der Waals surface area contributed by atoms with Gasteiger partial charge in [0, 0.05) is 24.6 Å². The van der Waals surface area contributed by atoms with Crippen molar-refractivity contribution >= 4 is 23.2 Å². The molecule has 1 aromatic carbocycles. The van der Waals surface area contributed by atoms with E-state index in [0.717, 1.165) is 25.1 Å². The number of carbonyl (C=O) groups excluding carboxylic acids is 1. The van der Waals surface area contributed by atoms with Crippen LogP contribution < -0.4 is 4.90 Å². The Bertz CT molecular complexity index is 627. The molecule has 0 spiro atoms. The second-order valence-electron chi connectivity index (χ2n) is 4.54. The van der Waals surface area contributed by atoms with Gasteiger partial charge in [-0.05, 0) is 30.5 Å². The molecule has 4 heteroatoms. The fraction of sp³-hybridized carbons (Fsp3) is 0.200. The summed E-state index contributed by atoms with van der Waals surface area (Å²) in [6.45, 7) is 0.731. The van der Waals surface area contributed by atoms with E-state index in [1.54, 1.807) is 17.2 Å². The van der Waals surface area contributed by atoms with Crippen LogP contribution in [0, 0.1) is 0 Å².